The summed E-state index contributed by atoms with van der Waals surface area (Å²) in [4.78, 5) is -1.93. The van der Waals surface area contributed by atoms with Crippen molar-refractivity contribution in [1.82, 2.24) is 0 Å². The first-order chi connectivity index (χ1) is 7.03. The molecule has 0 unspecified atom stereocenters. The van der Waals surface area contributed by atoms with Crippen LogP contribution in [0.3, 0.4) is 0 Å². The summed E-state index contributed by atoms with van der Waals surface area (Å²) in [6.45, 7) is 3.43. The predicted octanol–water partition coefficient (Wildman–Crippen LogP) is 4.91. The second-order valence-electron chi connectivity index (χ2n) is 3.04. The summed E-state index contributed by atoms with van der Waals surface area (Å²) in [6.07, 6.45) is 1.39. The molecule has 1 nitrogen and oxygen atoms in total. The first kappa shape index (κ1) is 12.8. The van der Waals surface area contributed by atoms with Gasteiger partial charge in [-0.05, 0) is 24.3 Å². The summed E-state index contributed by atoms with van der Waals surface area (Å²) in [7, 11) is -9.56. The lowest BCUT2D eigenvalue weighted by Crippen LogP contribution is -2.05. The zero-order valence-corrected chi connectivity index (χ0v) is 8.82. The molecule has 0 radical (unpaired) electrons. The SMILES string of the molecule is C=CCOc1ccc(S(F)(F)(F)(F)F)cc1. The van der Waals surface area contributed by atoms with Gasteiger partial charge >= 0.3 is 10.2 Å². The van der Waals surface area contributed by atoms with Gasteiger partial charge in [0.1, 0.15) is 17.3 Å². The van der Waals surface area contributed by atoms with E-state index in [-0.39, 0.29) is 12.4 Å². The molecule has 92 valence electrons. The van der Waals surface area contributed by atoms with Crippen molar-refractivity contribution in [2.45, 2.75) is 4.90 Å². The van der Waals surface area contributed by atoms with Gasteiger partial charge in [0.2, 0.25) is 0 Å². The predicted molar refractivity (Wildman–Crippen MR) is 53.5 cm³/mol. The zero-order chi connectivity index (χ0) is 12.5. The highest BCUT2D eigenvalue weighted by molar-refractivity contribution is 8.45. The third-order valence-electron chi connectivity index (χ3n) is 1.64. The van der Waals surface area contributed by atoms with Crippen LogP contribution in [0.4, 0.5) is 19.4 Å². The number of halogens is 5. The van der Waals surface area contributed by atoms with Gasteiger partial charge in [-0.1, -0.05) is 32.1 Å². The number of ether oxygens (including phenoxy) is 1. The fraction of sp³-hybridized carbons (Fsp3) is 0.111. The van der Waals surface area contributed by atoms with Crippen LogP contribution < -0.4 is 4.74 Å². The Kier molecular flexibility index (Phi) is 2.51. The van der Waals surface area contributed by atoms with E-state index in [4.69, 9.17) is 4.74 Å². The second kappa shape index (κ2) is 3.13. The molecule has 0 aliphatic heterocycles. The van der Waals surface area contributed by atoms with Gasteiger partial charge in [0.05, 0.1) is 0 Å². The Labute approximate surface area is 89.3 Å². The number of hydrogen-bond donors (Lipinski definition) is 0. The molecule has 0 fully saturated rings. The average molecular weight is 260 g/mol. The maximum absolute atomic E-state index is 12.3. The van der Waals surface area contributed by atoms with Crippen molar-refractivity contribution in [1.29, 1.82) is 0 Å². The molecule has 1 aromatic carbocycles. The Morgan fingerprint density at radius 3 is 1.94 bits per heavy atom. The first-order valence-corrected chi connectivity index (χ1v) is 6.06. The zero-order valence-electron chi connectivity index (χ0n) is 8.01. The Bertz CT molecular complexity index is 393. The van der Waals surface area contributed by atoms with Crippen LogP contribution in [0, 0.1) is 0 Å². The van der Waals surface area contributed by atoms with Crippen molar-refractivity contribution in [3.63, 3.8) is 0 Å². The average Bonchev–Trinajstić information content (AvgIpc) is 2.12. The molecule has 1 rings (SSSR count). The maximum Gasteiger partial charge on any atom is 0.310 e. The summed E-state index contributed by atoms with van der Waals surface area (Å²) in [6, 6.07) is 2.30. The molecular weight excluding hydrogens is 251 g/mol. The van der Waals surface area contributed by atoms with Crippen molar-refractivity contribution in [3.05, 3.63) is 36.9 Å². The standard InChI is InChI=1S/C9H9F5OS/c1-2-7-15-8-3-5-9(6-4-8)16(10,11,12,13)14/h2-6H,1,7H2. The minimum atomic E-state index is -9.56. The normalized spacial score (nSPS) is 16.1. The summed E-state index contributed by atoms with van der Waals surface area (Å²) in [5.74, 6) is 0.0745. The third kappa shape index (κ3) is 3.41. The van der Waals surface area contributed by atoms with Gasteiger partial charge in [-0.25, -0.2) is 0 Å². The highest BCUT2D eigenvalue weighted by Crippen LogP contribution is 3.02. The van der Waals surface area contributed by atoms with E-state index in [2.05, 4.69) is 6.58 Å². The fourth-order valence-electron chi connectivity index (χ4n) is 0.948. The molecule has 16 heavy (non-hydrogen) atoms. The second-order valence-corrected chi connectivity index (χ2v) is 5.45. The number of rotatable bonds is 4. The number of hydrogen-bond acceptors (Lipinski definition) is 1. The van der Waals surface area contributed by atoms with E-state index in [9.17, 15) is 19.4 Å². The molecule has 0 saturated heterocycles. The fourth-order valence-corrected chi connectivity index (χ4v) is 1.60. The van der Waals surface area contributed by atoms with Crippen LogP contribution in [0.2, 0.25) is 0 Å². The van der Waals surface area contributed by atoms with Crippen LogP contribution in [-0.2, 0) is 0 Å². The smallest absolute Gasteiger partial charge is 0.310 e. The van der Waals surface area contributed by atoms with Crippen molar-refractivity contribution in [2.75, 3.05) is 6.61 Å². The minimum absolute atomic E-state index is 0.0745. The molecule has 0 bridgehead atoms. The van der Waals surface area contributed by atoms with E-state index >= 15 is 0 Å². The monoisotopic (exact) mass is 260 g/mol. The van der Waals surface area contributed by atoms with Gasteiger partial charge in [-0.15, -0.1) is 0 Å². The van der Waals surface area contributed by atoms with E-state index in [0.717, 1.165) is 12.1 Å². The van der Waals surface area contributed by atoms with Gasteiger partial charge in [-0.2, -0.15) is 0 Å². The summed E-state index contributed by atoms with van der Waals surface area (Å²) in [5.41, 5.74) is 0. The third-order valence-corrected chi connectivity index (χ3v) is 2.80. The number of benzene rings is 1. The van der Waals surface area contributed by atoms with Crippen molar-refractivity contribution < 1.29 is 24.2 Å². The quantitative estimate of drug-likeness (QED) is 0.552. The van der Waals surface area contributed by atoms with Crippen LogP contribution in [0.15, 0.2) is 41.8 Å². The van der Waals surface area contributed by atoms with Gasteiger partial charge in [0, 0.05) is 0 Å². The van der Waals surface area contributed by atoms with Crippen LogP contribution in [-0.4, -0.2) is 6.61 Å². The molecule has 0 spiro atoms. The Morgan fingerprint density at radius 1 is 1.06 bits per heavy atom. The Balaban J connectivity index is 3.01. The van der Waals surface area contributed by atoms with Crippen molar-refractivity contribution >= 4 is 10.2 Å². The molecule has 0 heterocycles. The molecule has 0 aliphatic carbocycles. The van der Waals surface area contributed by atoms with E-state index in [1.165, 1.54) is 6.08 Å². The van der Waals surface area contributed by atoms with Crippen molar-refractivity contribution in [3.8, 4) is 5.75 Å². The van der Waals surface area contributed by atoms with Gasteiger partial charge in [0.25, 0.3) is 0 Å². The maximum atomic E-state index is 12.3. The lowest BCUT2D eigenvalue weighted by atomic mass is 10.3. The molecule has 0 atom stereocenters. The topological polar surface area (TPSA) is 9.23 Å². The van der Waals surface area contributed by atoms with Crippen LogP contribution in [0.1, 0.15) is 0 Å². The van der Waals surface area contributed by atoms with E-state index in [1.54, 1.807) is 0 Å². The van der Waals surface area contributed by atoms with E-state index in [0.29, 0.717) is 12.1 Å². The summed E-state index contributed by atoms with van der Waals surface area (Å²) >= 11 is 0. The molecular formula is C9H9F5OS. The van der Waals surface area contributed by atoms with Gasteiger partial charge in [-0.3, -0.25) is 0 Å². The molecule has 0 saturated carbocycles. The molecule has 0 aromatic heterocycles. The summed E-state index contributed by atoms with van der Waals surface area (Å²) < 4.78 is 66.2. The molecule has 0 N–H and O–H groups in total. The van der Waals surface area contributed by atoms with Crippen LogP contribution in [0.5, 0.6) is 5.75 Å². The lowest BCUT2D eigenvalue weighted by Gasteiger charge is -2.40. The highest BCUT2D eigenvalue weighted by Gasteiger charge is 2.65. The summed E-state index contributed by atoms with van der Waals surface area (Å²) in [5, 5.41) is 0. The minimum Gasteiger partial charge on any atom is -0.490 e. The molecule has 0 aliphatic rings. The largest absolute Gasteiger partial charge is 0.490 e. The lowest BCUT2D eigenvalue weighted by molar-refractivity contribution is 0.358. The first-order valence-electron chi connectivity index (χ1n) is 4.11. The molecule has 1 aromatic rings. The molecule has 0 amide bonds. The van der Waals surface area contributed by atoms with Crippen LogP contribution in [0.25, 0.3) is 0 Å². The van der Waals surface area contributed by atoms with Gasteiger partial charge < -0.3 is 4.74 Å². The van der Waals surface area contributed by atoms with E-state index in [1.807, 2.05) is 0 Å². The Hall–Kier alpha value is -1.24. The van der Waals surface area contributed by atoms with Crippen molar-refractivity contribution in [2.24, 2.45) is 0 Å². The Morgan fingerprint density at radius 2 is 1.56 bits per heavy atom. The molecule has 7 heteroatoms. The van der Waals surface area contributed by atoms with E-state index < -0.39 is 15.1 Å². The van der Waals surface area contributed by atoms with Crippen LogP contribution >= 0.6 is 10.2 Å². The highest BCUT2D eigenvalue weighted by atomic mass is 32.5. The van der Waals surface area contributed by atoms with Gasteiger partial charge in [0.15, 0.2) is 0 Å².